The maximum Gasteiger partial charge on any atom is 0.271 e. The minimum absolute atomic E-state index is 0.0106. The molecule has 4 N–H and O–H groups in total. The summed E-state index contributed by atoms with van der Waals surface area (Å²) in [5, 5.41) is 32.5. The monoisotopic (exact) mass is 328 g/mol. The number of nitrogens with one attached hydrogen (secondary N) is 1. The first-order chi connectivity index (χ1) is 11.4. The van der Waals surface area contributed by atoms with Gasteiger partial charge in [-0.3, -0.25) is 4.79 Å². The summed E-state index contributed by atoms with van der Waals surface area (Å²) in [7, 11) is 0. The van der Waals surface area contributed by atoms with Crippen LogP contribution in [0.4, 0.5) is 0 Å². The lowest BCUT2D eigenvalue weighted by Gasteiger charge is -2.10. The first kappa shape index (κ1) is 17.3. The number of hydrazone groups is 1. The zero-order valence-electron chi connectivity index (χ0n) is 13.5. The van der Waals surface area contributed by atoms with Gasteiger partial charge in [0.05, 0.1) is 5.71 Å². The van der Waals surface area contributed by atoms with Gasteiger partial charge in [0.15, 0.2) is 17.2 Å². The zero-order valence-corrected chi connectivity index (χ0v) is 13.5. The van der Waals surface area contributed by atoms with Gasteiger partial charge >= 0.3 is 0 Å². The second-order valence-electron chi connectivity index (χ2n) is 5.83. The predicted octanol–water partition coefficient (Wildman–Crippen LogP) is 2.98. The summed E-state index contributed by atoms with van der Waals surface area (Å²) < 4.78 is 0. The largest absolute Gasteiger partial charge is 0.504 e. The number of benzene rings is 2. The van der Waals surface area contributed by atoms with Gasteiger partial charge in [-0.1, -0.05) is 44.2 Å². The van der Waals surface area contributed by atoms with Crippen molar-refractivity contribution in [1.29, 1.82) is 0 Å². The lowest BCUT2D eigenvalue weighted by molar-refractivity contribution is 0.0954. The molecule has 0 aliphatic carbocycles. The molecule has 0 unspecified atom stereocenters. The van der Waals surface area contributed by atoms with Crippen LogP contribution in [0.2, 0.25) is 0 Å². The van der Waals surface area contributed by atoms with E-state index in [1.54, 1.807) is 0 Å². The highest BCUT2D eigenvalue weighted by molar-refractivity contribution is 6.02. The van der Waals surface area contributed by atoms with Crippen LogP contribution in [-0.4, -0.2) is 26.9 Å². The van der Waals surface area contributed by atoms with Crippen LogP contribution in [0.3, 0.4) is 0 Å². The molecule has 0 spiro atoms. The molecule has 0 bridgehead atoms. The number of phenols is 3. The third-order valence-electron chi connectivity index (χ3n) is 3.33. The standard InChI is InChI=1S/C18H20N2O4/c1-11(2)8-14(12-6-4-3-5-7-12)19-20-18(24)13-9-15(21)17(23)16(22)10-13/h3-7,9-11,21-23H,8H2,1-2H3,(H,20,24). The highest BCUT2D eigenvalue weighted by atomic mass is 16.3. The average molecular weight is 328 g/mol. The van der Waals surface area contributed by atoms with Crippen molar-refractivity contribution in [1.82, 2.24) is 5.43 Å². The smallest absolute Gasteiger partial charge is 0.271 e. The molecule has 0 aromatic heterocycles. The second kappa shape index (κ2) is 7.50. The number of phenolic OH excluding ortho intramolecular Hbond substituents is 3. The van der Waals surface area contributed by atoms with Crippen LogP contribution in [0, 0.1) is 5.92 Å². The molecule has 0 atom stereocenters. The molecule has 0 aliphatic heterocycles. The number of nitrogens with zero attached hydrogens (tertiary/aromatic N) is 1. The maximum absolute atomic E-state index is 12.2. The maximum atomic E-state index is 12.2. The van der Waals surface area contributed by atoms with Crippen LogP contribution in [0.15, 0.2) is 47.6 Å². The van der Waals surface area contributed by atoms with Gasteiger partial charge in [0.2, 0.25) is 0 Å². The lowest BCUT2D eigenvalue weighted by Crippen LogP contribution is -2.20. The molecule has 0 heterocycles. The molecular weight excluding hydrogens is 308 g/mol. The third-order valence-corrected chi connectivity index (χ3v) is 3.33. The molecule has 2 aromatic carbocycles. The van der Waals surface area contributed by atoms with Crippen molar-refractivity contribution in [3.8, 4) is 17.2 Å². The van der Waals surface area contributed by atoms with Crippen molar-refractivity contribution < 1.29 is 20.1 Å². The summed E-state index contributed by atoms with van der Waals surface area (Å²) in [5.41, 5.74) is 4.04. The van der Waals surface area contributed by atoms with Gasteiger partial charge in [0.1, 0.15) is 0 Å². The van der Waals surface area contributed by atoms with E-state index >= 15 is 0 Å². The van der Waals surface area contributed by atoms with Gasteiger partial charge in [0, 0.05) is 5.56 Å². The Kier molecular flexibility index (Phi) is 5.42. The molecule has 0 radical (unpaired) electrons. The Morgan fingerprint density at radius 3 is 2.17 bits per heavy atom. The molecule has 1 amide bonds. The minimum atomic E-state index is -0.667. The highest BCUT2D eigenvalue weighted by Gasteiger charge is 2.14. The summed E-state index contributed by atoms with van der Waals surface area (Å²) in [5.74, 6) is -2.07. The Labute approximate surface area is 140 Å². The van der Waals surface area contributed by atoms with Crippen LogP contribution in [0.5, 0.6) is 17.2 Å². The Hall–Kier alpha value is -3.02. The summed E-state index contributed by atoms with van der Waals surface area (Å²) in [4.78, 5) is 12.2. The Morgan fingerprint density at radius 1 is 1.04 bits per heavy atom. The van der Waals surface area contributed by atoms with Crippen LogP contribution in [-0.2, 0) is 0 Å². The van der Waals surface area contributed by atoms with E-state index in [0.717, 1.165) is 23.4 Å². The quantitative estimate of drug-likeness (QED) is 0.385. The molecule has 0 aliphatic rings. The van der Waals surface area contributed by atoms with E-state index in [4.69, 9.17) is 0 Å². The van der Waals surface area contributed by atoms with E-state index in [9.17, 15) is 20.1 Å². The number of hydrogen-bond acceptors (Lipinski definition) is 5. The van der Waals surface area contributed by atoms with Crippen molar-refractivity contribution in [3.05, 3.63) is 53.6 Å². The zero-order chi connectivity index (χ0) is 17.7. The molecule has 24 heavy (non-hydrogen) atoms. The predicted molar refractivity (Wildman–Crippen MR) is 91.3 cm³/mol. The average Bonchev–Trinajstić information content (AvgIpc) is 2.56. The van der Waals surface area contributed by atoms with E-state index in [2.05, 4.69) is 24.4 Å². The molecule has 126 valence electrons. The fraction of sp³-hybridized carbons (Fsp3) is 0.222. The number of aromatic hydroxyl groups is 3. The van der Waals surface area contributed by atoms with Gasteiger partial charge in [-0.2, -0.15) is 5.10 Å². The van der Waals surface area contributed by atoms with E-state index < -0.39 is 23.2 Å². The van der Waals surface area contributed by atoms with Crippen molar-refractivity contribution >= 4 is 11.6 Å². The number of rotatable bonds is 5. The molecule has 0 saturated heterocycles. The van der Waals surface area contributed by atoms with E-state index in [0.29, 0.717) is 12.3 Å². The normalized spacial score (nSPS) is 11.5. The Morgan fingerprint density at radius 2 is 1.62 bits per heavy atom. The lowest BCUT2D eigenvalue weighted by atomic mass is 10.0. The highest BCUT2D eigenvalue weighted by Crippen LogP contribution is 2.35. The number of carbonyl (C=O) groups excluding carboxylic acids is 1. The Bertz CT molecular complexity index is 732. The summed E-state index contributed by atoms with van der Waals surface area (Å²) in [6.07, 6.45) is 0.677. The SMILES string of the molecule is CC(C)CC(=NNC(=O)c1cc(O)c(O)c(O)c1)c1ccccc1. The summed E-state index contributed by atoms with van der Waals surface area (Å²) in [6.45, 7) is 4.10. The van der Waals surface area contributed by atoms with Crippen LogP contribution in [0.1, 0.15) is 36.2 Å². The number of hydrogen-bond donors (Lipinski definition) is 4. The molecular formula is C18H20N2O4. The first-order valence-corrected chi connectivity index (χ1v) is 7.55. The van der Waals surface area contributed by atoms with Gasteiger partial charge < -0.3 is 15.3 Å². The first-order valence-electron chi connectivity index (χ1n) is 7.55. The van der Waals surface area contributed by atoms with Crippen molar-refractivity contribution in [2.45, 2.75) is 20.3 Å². The van der Waals surface area contributed by atoms with Gasteiger partial charge in [-0.15, -0.1) is 0 Å². The van der Waals surface area contributed by atoms with E-state index in [1.165, 1.54) is 0 Å². The second-order valence-corrected chi connectivity index (χ2v) is 5.83. The summed E-state index contributed by atoms with van der Waals surface area (Å²) >= 11 is 0. The molecule has 6 heteroatoms. The van der Waals surface area contributed by atoms with Gasteiger partial charge in [-0.05, 0) is 30.0 Å². The van der Waals surface area contributed by atoms with Gasteiger partial charge in [0.25, 0.3) is 5.91 Å². The fourth-order valence-corrected chi connectivity index (χ4v) is 2.16. The number of carbonyl (C=O) groups is 1. The van der Waals surface area contributed by atoms with E-state index in [1.807, 2.05) is 30.3 Å². The molecule has 0 fully saturated rings. The van der Waals surface area contributed by atoms with Crippen molar-refractivity contribution in [3.63, 3.8) is 0 Å². The van der Waals surface area contributed by atoms with E-state index in [-0.39, 0.29) is 5.56 Å². The fourth-order valence-electron chi connectivity index (χ4n) is 2.16. The van der Waals surface area contributed by atoms with Crippen molar-refractivity contribution in [2.75, 3.05) is 0 Å². The number of amides is 1. The molecule has 6 nitrogen and oxygen atoms in total. The van der Waals surface area contributed by atoms with Crippen LogP contribution in [0.25, 0.3) is 0 Å². The van der Waals surface area contributed by atoms with Gasteiger partial charge in [-0.25, -0.2) is 5.43 Å². The van der Waals surface area contributed by atoms with Crippen molar-refractivity contribution in [2.24, 2.45) is 11.0 Å². The van der Waals surface area contributed by atoms with Crippen LogP contribution < -0.4 is 5.43 Å². The summed E-state index contributed by atoms with van der Waals surface area (Å²) in [6, 6.07) is 11.6. The third kappa shape index (κ3) is 4.25. The Balaban J connectivity index is 2.23. The molecule has 2 aromatic rings. The minimum Gasteiger partial charge on any atom is -0.504 e. The molecule has 0 saturated carbocycles. The van der Waals surface area contributed by atoms with Crippen LogP contribution >= 0.6 is 0 Å². The molecule has 2 rings (SSSR count). The topological polar surface area (TPSA) is 102 Å².